The van der Waals surface area contributed by atoms with Gasteiger partial charge in [-0.25, -0.2) is 9.18 Å². The third-order valence-corrected chi connectivity index (χ3v) is 2.54. The van der Waals surface area contributed by atoms with E-state index in [0.29, 0.717) is 32.0 Å². The van der Waals surface area contributed by atoms with Crippen LogP contribution in [0.4, 0.5) is 4.39 Å². The molecule has 0 aromatic heterocycles. The molecule has 0 unspecified atom stereocenters. The normalized spacial score (nSPS) is 10.7. The minimum atomic E-state index is -1.28. The first kappa shape index (κ1) is 16.6. The fraction of sp³-hybridized carbons (Fsp3) is 0.500. The summed E-state index contributed by atoms with van der Waals surface area (Å²) in [4.78, 5) is 10.6. The van der Waals surface area contributed by atoms with Gasteiger partial charge in [-0.05, 0) is 24.1 Å². The number of hydrogen-bond donors (Lipinski definition) is 1. The number of hydrogen-bond acceptors (Lipinski definition) is 4. The fourth-order valence-corrected chi connectivity index (χ4v) is 1.54. The van der Waals surface area contributed by atoms with E-state index >= 15 is 0 Å². The van der Waals surface area contributed by atoms with Crippen molar-refractivity contribution in [2.24, 2.45) is 0 Å². The van der Waals surface area contributed by atoms with Crippen LogP contribution >= 0.6 is 0 Å². The second-order valence-electron chi connectivity index (χ2n) is 4.13. The zero-order valence-electron chi connectivity index (χ0n) is 11.4. The molecule has 0 atom stereocenters. The summed E-state index contributed by atoms with van der Waals surface area (Å²) in [5.74, 6) is -2.03. The highest BCUT2D eigenvalue weighted by molar-refractivity contribution is 5.87. The summed E-state index contributed by atoms with van der Waals surface area (Å²) < 4.78 is 28.9. The second kappa shape index (κ2) is 9.41. The minimum absolute atomic E-state index is 0.220. The van der Waals surface area contributed by atoms with Crippen molar-refractivity contribution >= 4 is 5.97 Å². The van der Waals surface area contributed by atoms with Gasteiger partial charge in [0.25, 0.3) is 0 Å². The third-order valence-electron chi connectivity index (χ3n) is 2.54. The number of carboxylic acids is 1. The third kappa shape index (κ3) is 6.10. The number of aromatic carboxylic acids is 1. The van der Waals surface area contributed by atoms with E-state index in [9.17, 15) is 9.18 Å². The molecule has 0 fully saturated rings. The molecule has 0 heterocycles. The molecule has 0 spiro atoms. The summed E-state index contributed by atoms with van der Waals surface area (Å²) in [5.41, 5.74) is 0.252. The summed E-state index contributed by atoms with van der Waals surface area (Å²) >= 11 is 0. The van der Waals surface area contributed by atoms with E-state index in [1.807, 2.05) is 0 Å². The molecule has 0 amide bonds. The zero-order chi connectivity index (χ0) is 14.8. The molecule has 6 heteroatoms. The van der Waals surface area contributed by atoms with Crippen molar-refractivity contribution in [3.05, 3.63) is 35.1 Å². The number of methoxy groups -OCH3 is 1. The van der Waals surface area contributed by atoms with Crippen LogP contribution in [0.3, 0.4) is 0 Å². The summed E-state index contributed by atoms with van der Waals surface area (Å²) in [6, 6.07) is 3.94. The molecule has 1 rings (SSSR count). The van der Waals surface area contributed by atoms with Crippen LogP contribution < -0.4 is 0 Å². The highest BCUT2D eigenvalue weighted by Crippen LogP contribution is 2.11. The first-order valence-electron chi connectivity index (χ1n) is 6.31. The zero-order valence-corrected chi connectivity index (χ0v) is 11.4. The molecular formula is C14H19FO5. The summed E-state index contributed by atoms with van der Waals surface area (Å²) in [6.45, 7) is 2.35. The van der Waals surface area contributed by atoms with Crippen molar-refractivity contribution in [1.29, 1.82) is 0 Å². The van der Waals surface area contributed by atoms with Gasteiger partial charge in [0.05, 0.1) is 25.4 Å². The molecule has 20 heavy (non-hydrogen) atoms. The molecule has 1 N–H and O–H groups in total. The molecule has 5 nitrogen and oxygen atoms in total. The van der Waals surface area contributed by atoms with Crippen LogP contribution in [0.2, 0.25) is 0 Å². The Balaban J connectivity index is 2.19. The van der Waals surface area contributed by atoms with Crippen LogP contribution in [0, 0.1) is 5.82 Å². The first-order valence-corrected chi connectivity index (χ1v) is 6.31. The lowest BCUT2D eigenvalue weighted by Crippen LogP contribution is -2.07. The molecule has 112 valence electrons. The van der Waals surface area contributed by atoms with E-state index in [2.05, 4.69) is 0 Å². The lowest BCUT2D eigenvalue weighted by molar-refractivity contribution is 0.0336. The molecule has 0 aliphatic carbocycles. The van der Waals surface area contributed by atoms with Gasteiger partial charge in [-0.15, -0.1) is 0 Å². The number of carboxylic acid groups (broad SMARTS) is 1. The Hall–Kier alpha value is -1.50. The van der Waals surface area contributed by atoms with Crippen molar-refractivity contribution in [3.8, 4) is 0 Å². The van der Waals surface area contributed by atoms with Crippen molar-refractivity contribution < 1.29 is 28.5 Å². The van der Waals surface area contributed by atoms with Crippen LogP contribution in [0.15, 0.2) is 18.2 Å². The Morgan fingerprint density at radius 2 is 1.95 bits per heavy atom. The highest BCUT2D eigenvalue weighted by Gasteiger charge is 2.10. The maximum absolute atomic E-state index is 13.4. The van der Waals surface area contributed by atoms with Crippen LogP contribution in [-0.2, 0) is 20.8 Å². The minimum Gasteiger partial charge on any atom is -0.478 e. The van der Waals surface area contributed by atoms with Gasteiger partial charge in [-0.2, -0.15) is 0 Å². The number of ether oxygens (including phenoxy) is 3. The molecule has 0 saturated carbocycles. The summed E-state index contributed by atoms with van der Waals surface area (Å²) in [5, 5.41) is 8.69. The average Bonchev–Trinajstić information content (AvgIpc) is 2.41. The average molecular weight is 286 g/mol. The largest absolute Gasteiger partial charge is 0.478 e. The predicted molar refractivity (Wildman–Crippen MR) is 70.3 cm³/mol. The number of halogens is 1. The van der Waals surface area contributed by atoms with Crippen LogP contribution in [0.25, 0.3) is 0 Å². The van der Waals surface area contributed by atoms with Crippen molar-refractivity contribution in [1.82, 2.24) is 0 Å². The predicted octanol–water partition coefficient (Wildman–Crippen LogP) is 2.09. The highest BCUT2D eigenvalue weighted by atomic mass is 19.1. The molecule has 1 aromatic carbocycles. The summed E-state index contributed by atoms with van der Waals surface area (Å²) in [6.07, 6.45) is 0.832. The van der Waals surface area contributed by atoms with Gasteiger partial charge in [0.15, 0.2) is 0 Å². The van der Waals surface area contributed by atoms with Gasteiger partial charge < -0.3 is 19.3 Å². The second-order valence-corrected chi connectivity index (χ2v) is 4.13. The molecule has 0 aliphatic rings. The van der Waals surface area contributed by atoms with Gasteiger partial charge in [0.2, 0.25) is 0 Å². The van der Waals surface area contributed by atoms with E-state index in [1.54, 1.807) is 7.11 Å². The SMILES string of the molecule is COCCCOCCOCc1ccc(C(=O)O)c(F)c1. The summed E-state index contributed by atoms with van der Waals surface area (Å²) in [7, 11) is 1.64. The lowest BCUT2D eigenvalue weighted by Gasteiger charge is -2.06. The van der Waals surface area contributed by atoms with Gasteiger partial charge in [-0.1, -0.05) is 6.07 Å². The Kier molecular flexibility index (Phi) is 7.79. The maximum atomic E-state index is 13.4. The van der Waals surface area contributed by atoms with Gasteiger partial charge in [0, 0.05) is 20.3 Å². The van der Waals surface area contributed by atoms with E-state index in [1.165, 1.54) is 18.2 Å². The molecule has 0 saturated heterocycles. The van der Waals surface area contributed by atoms with Crippen LogP contribution in [0.5, 0.6) is 0 Å². The maximum Gasteiger partial charge on any atom is 0.338 e. The van der Waals surface area contributed by atoms with Crippen LogP contribution in [-0.4, -0.2) is 44.6 Å². The van der Waals surface area contributed by atoms with Crippen LogP contribution in [0.1, 0.15) is 22.3 Å². The van der Waals surface area contributed by atoms with Gasteiger partial charge >= 0.3 is 5.97 Å². The van der Waals surface area contributed by atoms with Gasteiger partial charge in [-0.3, -0.25) is 0 Å². The lowest BCUT2D eigenvalue weighted by atomic mass is 10.1. The molecular weight excluding hydrogens is 267 g/mol. The smallest absolute Gasteiger partial charge is 0.338 e. The van der Waals surface area contributed by atoms with Gasteiger partial charge in [0.1, 0.15) is 5.82 Å². The topological polar surface area (TPSA) is 65.0 Å². The van der Waals surface area contributed by atoms with E-state index in [-0.39, 0.29) is 12.2 Å². The fourth-order valence-electron chi connectivity index (χ4n) is 1.54. The van der Waals surface area contributed by atoms with E-state index in [0.717, 1.165) is 6.42 Å². The monoisotopic (exact) mass is 286 g/mol. The first-order chi connectivity index (χ1) is 9.65. The number of rotatable bonds is 10. The van der Waals surface area contributed by atoms with E-state index < -0.39 is 11.8 Å². The van der Waals surface area contributed by atoms with Crippen molar-refractivity contribution in [3.63, 3.8) is 0 Å². The number of benzene rings is 1. The Morgan fingerprint density at radius 3 is 2.60 bits per heavy atom. The molecule has 0 radical (unpaired) electrons. The number of carbonyl (C=O) groups is 1. The molecule has 0 bridgehead atoms. The van der Waals surface area contributed by atoms with E-state index in [4.69, 9.17) is 19.3 Å². The molecule has 1 aromatic rings. The standard InChI is InChI=1S/C14H19FO5/c1-18-5-2-6-19-7-8-20-10-11-3-4-12(14(16)17)13(15)9-11/h3-4,9H,2,5-8,10H2,1H3,(H,16,17). The Labute approximate surface area is 117 Å². The quantitative estimate of drug-likeness (QED) is 0.667. The van der Waals surface area contributed by atoms with Crippen molar-refractivity contribution in [2.75, 3.05) is 33.5 Å². The van der Waals surface area contributed by atoms with Crippen molar-refractivity contribution in [2.45, 2.75) is 13.0 Å². The Bertz CT molecular complexity index is 422. The Morgan fingerprint density at radius 1 is 1.20 bits per heavy atom. The molecule has 0 aliphatic heterocycles.